The van der Waals surface area contributed by atoms with E-state index in [1.807, 2.05) is 13.0 Å². The van der Waals surface area contributed by atoms with Crippen LogP contribution in [0.4, 0.5) is 0 Å². The van der Waals surface area contributed by atoms with Crippen LogP contribution >= 0.6 is 15.9 Å². The summed E-state index contributed by atoms with van der Waals surface area (Å²) in [4.78, 5) is 12.1. The third kappa shape index (κ3) is 3.61. The fraction of sp³-hybridized carbons (Fsp3) is 0.214. The number of nitrogens with one attached hydrogen (secondary N) is 1. The monoisotopic (exact) mass is 323 g/mol. The van der Waals surface area contributed by atoms with Gasteiger partial charge in [0.15, 0.2) is 0 Å². The van der Waals surface area contributed by atoms with Crippen LogP contribution in [0.1, 0.15) is 29.1 Å². The first-order valence-electron chi connectivity index (χ1n) is 5.84. The molecule has 100 valence electrons. The van der Waals surface area contributed by atoms with Crippen molar-refractivity contribution >= 4 is 21.8 Å². The van der Waals surface area contributed by atoms with Gasteiger partial charge in [-0.15, -0.1) is 0 Å². The molecule has 1 N–H and O–H groups in total. The predicted octanol–water partition coefficient (Wildman–Crippen LogP) is 3.50. The van der Waals surface area contributed by atoms with Crippen LogP contribution in [0.25, 0.3) is 0 Å². The minimum absolute atomic E-state index is 0.163. The zero-order chi connectivity index (χ0) is 13.7. The van der Waals surface area contributed by atoms with Gasteiger partial charge in [0.05, 0.1) is 12.3 Å². The minimum atomic E-state index is -0.178. The van der Waals surface area contributed by atoms with Gasteiger partial charge in [-0.2, -0.15) is 0 Å². The van der Waals surface area contributed by atoms with Gasteiger partial charge < -0.3 is 14.5 Å². The number of hydrogen-bond donors (Lipinski definition) is 1. The molecule has 0 saturated heterocycles. The summed E-state index contributed by atoms with van der Waals surface area (Å²) in [6.45, 7) is 1.87. The molecule has 0 aliphatic rings. The van der Waals surface area contributed by atoms with E-state index in [4.69, 9.17) is 9.15 Å². The van der Waals surface area contributed by atoms with Crippen LogP contribution in [0.15, 0.2) is 47.1 Å². The smallest absolute Gasteiger partial charge is 0.251 e. The van der Waals surface area contributed by atoms with Gasteiger partial charge >= 0.3 is 0 Å². The second-order valence-electron chi connectivity index (χ2n) is 3.99. The van der Waals surface area contributed by atoms with Crippen molar-refractivity contribution in [3.8, 4) is 5.75 Å². The molecule has 0 aliphatic heterocycles. The van der Waals surface area contributed by atoms with E-state index in [0.29, 0.717) is 16.8 Å². The number of hydrogen-bond acceptors (Lipinski definition) is 3. The normalized spacial score (nSPS) is 11.9. The third-order valence-corrected chi connectivity index (χ3v) is 2.86. The summed E-state index contributed by atoms with van der Waals surface area (Å²) in [5, 5.41) is 2.87. The molecular weight excluding hydrogens is 310 g/mol. The molecule has 0 fully saturated rings. The van der Waals surface area contributed by atoms with Crippen molar-refractivity contribution in [2.45, 2.75) is 13.0 Å². The molecule has 5 heteroatoms. The SMILES string of the molecule is CC(NC(=O)c1cccc(OCBr)c1)c1ccco1. The molecule has 1 aromatic heterocycles. The molecule has 2 rings (SSSR count). The molecule has 1 aromatic carbocycles. The zero-order valence-corrected chi connectivity index (χ0v) is 12.0. The van der Waals surface area contributed by atoms with Crippen molar-refractivity contribution in [2.24, 2.45) is 0 Å². The van der Waals surface area contributed by atoms with Crippen molar-refractivity contribution in [3.05, 3.63) is 54.0 Å². The fourth-order valence-electron chi connectivity index (χ4n) is 1.68. The number of carbonyl (C=O) groups excluding carboxylic acids is 1. The number of alkyl halides is 1. The van der Waals surface area contributed by atoms with Gasteiger partial charge in [0.2, 0.25) is 0 Å². The summed E-state index contributed by atoms with van der Waals surface area (Å²) in [6.07, 6.45) is 1.59. The largest absolute Gasteiger partial charge is 0.482 e. The number of rotatable bonds is 5. The summed E-state index contributed by atoms with van der Waals surface area (Å²) in [7, 11) is 0. The Morgan fingerprint density at radius 3 is 2.95 bits per heavy atom. The zero-order valence-electron chi connectivity index (χ0n) is 10.4. The Bertz CT molecular complexity index is 539. The molecule has 2 aromatic rings. The predicted molar refractivity (Wildman–Crippen MR) is 75.5 cm³/mol. The van der Waals surface area contributed by atoms with Crippen LogP contribution in [0.2, 0.25) is 0 Å². The summed E-state index contributed by atoms with van der Waals surface area (Å²) in [6, 6.07) is 10.5. The quantitative estimate of drug-likeness (QED) is 0.857. The lowest BCUT2D eigenvalue weighted by molar-refractivity contribution is 0.0935. The molecule has 1 atom stereocenters. The number of carbonyl (C=O) groups is 1. The number of ether oxygens (including phenoxy) is 1. The molecule has 19 heavy (non-hydrogen) atoms. The lowest BCUT2D eigenvalue weighted by Crippen LogP contribution is -2.26. The van der Waals surface area contributed by atoms with Gasteiger partial charge in [-0.05, 0) is 53.2 Å². The summed E-state index contributed by atoms with van der Waals surface area (Å²) >= 11 is 3.18. The van der Waals surface area contributed by atoms with E-state index in [9.17, 15) is 4.79 Å². The Balaban J connectivity index is 2.05. The molecule has 0 spiro atoms. The fourth-order valence-corrected chi connectivity index (χ4v) is 1.94. The van der Waals surface area contributed by atoms with E-state index in [2.05, 4.69) is 21.2 Å². The van der Waals surface area contributed by atoms with E-state index in [0.717, 1.165) is 5.76 Å². The average molecular weight is 324 g/mol. The van der Waals surface area contributed by atoms with E-state index < -0.39 is 0 Å². The summed E-state index contributed by atoms with van der Waals surface area (Å²) < 4.78 is 10.5. The maximum absolute atomic E-state index is 12.1. The summed E-state index contributed by atoms with van der Waals surface area (Å²) in [5.41, 5.74) is 0.942. The first kappa shape index (κ1) is 13.7. The average Bonchev–Trinajstić information content (AvgIpc) is 2.93. The van der Waals surface area contributed by atoms with Crippen molar-refractivity contribution in [2.75, 3.05) is 5.52 Å². The second-order valence-corrected chi connectivity index (χ2v) is 4.45. The van der Waals surface area contributed by atoms with Crippen LogP contribution < -0.4 is 10.1 Å². The van der Waals surface area contributed by atoms with Crippen molar-refractivity contribution < 1.29 is 13.9 Å². The molecule has 0 aliphatic carbocycles. The number of halogens is 1. The lowest BCUT2D eigenvalue weighted by atomic mass is 10.1. The maximum atomic E-state index is 12.1. The standard InChI is InChI=1S/C14H14BrNO3/c1-10(13-6-3-7-18-13)16-14(17)11-4-2-5-12(8-11)19-9-15/h2-8,10H,9H2,1H3,(H,16,17). The van der Waals surface area contributed by atoms with Crippen LogP contribution in [0, 0.1) is 0 Å². The van der Waals surface area contributed by atoms with Crippen molar-refractivity contribution in [1.82, 2.24) is 5.32 Å². The van der Waals surface area contributed by atoms with Gasteiger partial charge in [0.1, 0.15) is 17.0 Å². The highest BCUT2D eigenvalue weighted by molar-refractivity contribution is 9.09. The Labute approximate surface area is 119 Å². The van der Waals surface area contributed by atoms with Gasteiger partial charge in [-0.25, -0.2) is 0 Å². The summed E-state index contributed by atoms with van der Waals surface area (Å²) in [5.74, 6) is 1.21. The van der Waals surface area contributed by atoms with Gasteiger partial charge in [0, 0.05) is 5.56 Å². The topological polar surface area (TPSA) is 51.5 Å². The molecule has 0 radical (unpaired) electrons. The van der Waals surface area contributed by atoms with E-state index in [-0.39, 0.29) is 11.9 Å². The highest BCUT2D eigenvalue weighted by Crippen LogP contribution is 2.16. The molecule has 4 nitrogen and oxygen atoms in total. The highest BCUT2D eigenvalue weighted by Gasteiger charge is 2.13. The molecule has 1 amide bonds. The van der Waals surface area contributed by atoms with E-state index in [1.54, 1.807) is 36.6 Å². The first-order chi connectivity index (χ1) is 9.20. The van der Waals surface area contributed by atoms with Gasteiger partial charge in [0.25, 0.3) is 5.91 Å². The molecular formula is C14H14BrNO3. The van der Waals surface area contributed by atoms with Gasteiger partial charge in [-0.1, -0.05) is 6.07 Å². The van der Waals surface area contributed by atoms with E-state index >= 15 is 0 Å². The van der Waals surface area contributed by atoms with Crippen molar-refractivity contribution in [1.29, 1.82) is 0 Å². The Hall–Kier alpha value is -1.75. The van der Waals surface area contributed by atoms with Crippen LogP contribution in [0.5, 0.6) is 5.75 Å². The molecule has 1 heterocycles. The molecule has 0 bridgehead atoms. The number of amides is 1. The Kier molecular flexibility index (Phi) is 4.63. The van der Waals surface area contributed by atoms with E-state index in [1.165, 1.54) is 0 Å². The van der Waals surface area contributed by atoms with Crippen LogP contribution in [-0.4, -0.2) is 11.4 Å². The minimum Gasteiger partial charge on any atom is -0.482 e. The molecule has 0 saturated carbocycles. The second kappa shape index (κ2) is 6.43. The van der Waals surface area contributed by atoms with Crippen LogP contribution in [-0.2, 0) is 0 Å². The first-order valence-corrected chi connectivity index (χ1v) is 6.96. The maximum Gasteiger partial charge on any atom is 0.251 e. The Morgan fingerprint density at radius 2 is 2.26 bits per heavy atom. The van der Waals surface area contributed by atoms with Gasteiger partial charge in [-0.3, -0.25) is 4.79 Å². The number of benzene rings is 1. The molecule has 1 unspecified atom stereocenters. The lowest BCUT2D eigenvalue weighted by Gasteiger charge is -2.12. The Morgan fingerprint density at radius 1 is 1.42 bits per heavy atom. The number of furan rings is 1. The highest BCUT2D eigenvalue weighted by atomic mass is 79.9. The third-order valence-electron chi connectivity index (χ3n) is 2.64. The van der Waals surface area contributed by atoms with Crippen LogP contribution in [0.3, 0.4) is 0 Å². The van der Waals surface area contributed by atoms with Crippen molar-refractivity contribution in [3.63, 3.8) is 0 Å².